The number of rotatable bonds is 5. The number of hydrogen-bond acceptors (Lipinski definition) is 4. The van der Waals surface area contributed by atoms with Crippen LogP contribution in [0.2, 0.25) is 0 Å². The van der Waals surface area contributed by atoms with E-state index in [-0.39, 0.29) is 18.6 Å². The van der Waals surface area contributed by atoms with Crippen LogP contribution in [-0.2, 0) is 11.3 Å². The molecular formula is C16H25N3O2. The maximum atomic E-state index is 12.1. The first kappa shape index (κ1) is 15.9. The predicted octanol–water partition coefficient (Wildman–Crippen LogP) is 1.32. The molecule has 4 N–H and O–H groups in total. The maximum absolute atomic E-state index is 12.1. The minimum Gasteiger partial charge on any atom is -0.395 e. The largest absolute Gasteiger partial charge is 0.395 e. The van der Waals surface area contributed by atoms with Crippen molar-refractivity contribution in [3.63, 3.8) is 0 Å². The molecule has 0 radical (unpaired) electrons. The molecule has 0 aromatic heterocycles. The number of aliphatic hydroxyl groups excluding tert-OH is 1. The molecule has 0 spiro atoms. The van der Waals surface area contributed by atoms with Crippen molar-refractivity contribution >= 4 is 11.6 Å². The van der Waals surface area contributed by atoms with Gasteiger partial charge in [0, 0.05) is 18.3 Å². The van der Waals surface area contributed by atoms with Crippen LogP contribution in [0.25, 0.3) is 0 Å². The lowest BCUT2D eigenvalue weighted by atomic mass is 10.1. The zero-order valence-corrected chi connectivity index (χ0v) is 12.4. The van der Waals surface area contributed by atoms with Gasteiger partial charge in [-0.3, -0.25) is 9.69 Å². The molecule has 1 fully saturated rings. The zero-order valence-electron chi connectivity index (χ0n) is 12.4. The minimum atomic E-state index is -0.0316. The van der Waals surface area contributed by atoms with Crippen LogP contribution in [0, 0.1) is 0 Å². The first-order valence-corrected chi connectivity index (χ1v) is 7.66. The van der Waals surface area contributed by atoms with Crippen LogP contribution < -0.4 is 11.1 Å². The second-order valence-electron chi connectivity index (χ2n) is 5.61. The molecule has 5 heteroatoms. The molecular weight excluding hydrogens is 266 g/mol. The highest BCUT2D eigenvalue weighted by Gasteiger charge is 2.22. The summed E-state index contributed by atoms with van der Waals surface area (Å²) in [4.78, 5) is 14.2. The number of hydrogen-bond donors (Lipinski definition) is 3. The Morgan fingerprint density at radius 2 is 2.05 bits per heavy atom. The van der Waals surface area contributed by atoms with Crippen molar-refractivity contribution in [1.82, 2.24) is 4.90 Å². The Hall–Kier alpha value is -1.43. The van der Waals surface area contributed by atoms with Crippen molar-refractivity contribution < 1.29 is 9.90 Å². The summed E-state index contributed by atoms with van der Waals surface area (Å²) in [5.41, 5.74) is 7.38. The van der Waals surface area contributed by atoms with E-state index >= 15 is 0 Å². The number of nitrogens with zero attached hydrogens (tertiary/aromatic N) is 1. The summed E-state index contributed by atoms with van der Waals surface area (Å²) >= 11 is 0. The number of carbonyl (C=O) groups excluding carboxylic acids is 1. The first-order chi connectivity index (χ1) is 10.2. The summed E-state index contributed by atoms with van der Waals surface area (Å²) in [5.74, 6) is -0.0316. The molecule has 1 aliphatic rings. The Balaban J connectivity index is 1.89. The SMILES string of the molecule is NCc1ccc(NC(=O)CN2CCCCCC2CO)cc1. The quantitative estimate of drug-likeness (QED) is 0.764. The van der Waals surface area contributed by atoms with Gasteiger partial charge in [-0.15, -0.1) is 0 Å². The molecule has 1 aromatic rings. The van der Waals surface area contributed by atoms with Gasteiger partial charge < -0.3 is 16.2 Å². The van der Waals surface area contributed by atoms with Crippen molar-refractivity contribution in [3.8, 4) is 0 Å². The molecule has 116 valence electrons. The molecule has 0 bridgehead atoms. The highest BCUT2D eigenvalue weighted by atomic mass is 16.3. The highest BCUT2D eigenvalue weighted by Crippen LogP contribution is 2.16. The van der Waals surface area contributed by atoms with E-state index in [1.54, 1.807) is 0 Å². The van der Waals surface area contributed by atoms with Gasteiger partial charge in [-0.1, -0.05) is 25.0 Å². The Labute approximate surface area is 126 Å². The summed E-state index contributed by atoms with van der Waals surface area (Å²) < 4.78 is 0. The number of aliphatic hydroxyl groups is 1. The standard InChI is InChI=1S/C16H25N3O2/c17-10-13-5-7-14(8-6-13)18-16(21)11-19-9-3-1-2-4-15(19)12-20/h5-8,15,20H,1-4,9-12,17H2,(H,18,21). The number of likely N-dealkylation sites (tertiary alicyclic amines) is 1. The van der Waals surface area contributed by atoms with Crippen LogP contribution in [-0.4, -0.2) is 41.7 Å². The Bertz CT molecular complexity index is 447. The molecule has 1 aromatic carbocycles. The smallest absolute Gasteiger partial charge is 0.238 e. The van der Waals surface area contributed by atoms with Gasteiger partial charge in [-0.2, -0.15) is 0 Å². The van der Waals surface area contributed by atoms with E-state index in [1.165, 1.54) is 6.42 Å². The fourth-order valence-electron chi connectivity index (χ4n) is 2.76. The Morgan fingerprint density at radius 1 is 1.29 bits per heavy atom. The summed E-state index contributed by atoms with van der Waals surface area (Å²) in [6.45, 7) is 1.84. The van der Waals surface area contributed by atoms with Gasteiger partial charge in [0.2, 0.25) is 5.91 Å². The van der Waals surface area contributed by atoms with Gasteiger partial charge in [0.25, 0.3) is 0 Å². The average molecular weight is 291 g/mol. The third-order valence-electron chi connectivity index (χ3n) is 4.03. The van der Waals surface area contributed by atoms with Crippen molar-refractivity contribution in [2.45, 2.75) is 38.3 Å². The van der Waals surface area contributed by atoms with E-state index in [0.717, 1.165) is 37.1 Å². The van der Waals surface area contributed by atoms with Crippen LogP contribution in [0.4, 0.5) is 5.69 Å². The van der Waals surface area contributed by atoms with E-state index in [2.05, 4.69) is 10.2 Å². The van der Waals surface area contributed by atoms with E-state index in [4.69, 9.17) is 5.73 Å². The van der Waals surface area contributed by atoms with Crippen molar-refractivity contribution in [3.05, 3.63) is 29.8 Å². The topological polar surface area (TPSA) is 78.6 Å². The number of anilines is 1. The molecule has 0 aliphatic carbocycles. The Morgan fingerprint density at radius 3 is 2.71 bits per heavy atom. The fourth-order valence-corrected chi connectivity index (χ4v) is 2.76. The third kappa shape index (κ3) is 4.81. The summed E-state index contributed by atoms with van der Waals surface area (Å²) in [6.07, 6.45) is 4.36. The number of nitrogens with two attached hydrogens (primary N) is 1. The lowest BCUT2D eigenvalue weighted by Crippen LogP contribution is -2.42. The predicted molar refractivity (Wildman–Crippen MR) is 83.9 cm³/mol. The molecule has 1 heterocycles. The van der Waals surface area contributed by atoms with Crippen LogP contribution in [0.3, 0.4) is 0 Å². The molecule has 0 saturated carbocycles. The molecule has 2 rings (SSSR count). The second kappa shape index (κ2) is 8.12. The van der Waals surface area contributed by atoms with E-state index < -0.39 is 0 Å². The summed E-state index contributed by atoms with van der Waals surface area (Å²) in [6, 6.07) is 7.67. The van der Waals surface area contributed by atoms with Crippen LogP contribution >= 0.6 is 0 Å². The highest BCUT2D eigenvalue weighted by molar-refractivity contribution is 5.92. The van der Waals surface area contributed by atoms with Gasteiger partial charge in [-0.25, -0.2) is 0 Å². The number of nitrogens with one attached hydrogen (secondary N) is 1. The lowest BCUT2D eigenvalue weighted by Gasteiger charge is -2.27. The molecule has 1 atom stereocenters. The molecule has 1 amide bonds. The van der Waals surface area contributed by atoms with Gasteiger partial charge >= 0.3 is 0 Å². The van der Waals surface area contributed by atoms with E-state index in [0.29, 0.717) is 13.1 Å². The van der Waals surface area contributed by atoms with Gasteiger partial charge in [-0.05, 0) is 37.1 Å². The van der Waals surface area contributed by atoms with E-state index in [1.807, 2.05) is 24.3 Å². The normalized spacial score (nSPS) is 20.0. The fraction of sp³-hybridized carbons (Fsp3) is 0.562. The third-order valence-corrected chi connectivity index (χ3v) is 4.03. The maximum Gasteiger partial charge on any atom is 0.238 e. The molecule has 1 unspecified atom stereocenters. The van der Waals surface area contributed by atoms with Crippen molar-refractivity contribution in [1.29, 1.82) is 0 Å². The molecule has 5 nitrogen and oxygen atoms in total. The van der Waals surface area contributed by atoms with Crippen LogP contribution in [0.15, 0.2) is 24.3 Å². The number of amides is 1. The first-order valence-electron chi connectivity index (χ1n) is 7.66. The molecule has 21 heavy (non-hydrogen) atoms. The van der Waals surface area contributed by atoms with E-state index in [9.17, 15) is 9.90 Å². The van der Waals surface area contributed by atoms with Gasteiger partial charge in [0.15, 0.2) is 0 Å². The number of carbonyl (C=O) groups is 1. The van der Waals surface area contributed by atoms with Gasteiger partial charge in [0.1, 0.15) is 0 Å². The molecule has 1 aliphatic heterocycles. The van der Waals surface area contributed by atoms with Crippen LogP contribution in [0.1, 0.15) is 31.2 Å². The number of benzene rings is 1. The lowest BCUT2D eigenvalue weighted by molar-refractivity contribution is -0.118. The van der Waals surface area contributed by atoms with Gasteiger partial charge in [0.05, 0.1) is 13.2 Å². The summed E-state index contributed by atoms with van der Waals surface area (Å²) in [7, 11) is 0. The summed E-state index contributed by atoms with van der Waals surface area (Å²) in [5, 5.41) is 12.4. The minimum absolute atomic E-state index is 0.0316. The van der Waals surface area contributed by atoms with Crippen molar-refractivity contribution in [2.75, 3.05) is 25.0 Å². The average Bonchev–Trinajstić information content (AvgIpc) is 2.73. The second-order valence-corrected chi connectivity index (χ2v) is 5.61. The molecule has 1 saturated heterocycles. The Kier molecular flexibility index (Phi) is 6.17. The zero-order chi connectivity index (χ0) is 15.1. The van der Waals surface area contributed by atoms with Crippen molar-refractivity contribution in [2.24, 2.45) is 5.73 Å². The monoisotopic (exact) mass is 291 g/mol. The van der Waals surface area contributed by atoms with Crippen LogP contribution in [0.5, 0.6) is 0 Å².